The van der Waals surface area contributed by atoms with Crippen LogP contribution in [0.3, 0.4) is 0 Å². The second-order valence-corrected chi connectivity index (χ2v) is 4.48. The first-order valence-electron chi connectivity index (χ1n) is 5.92. The second kappa shape index (κ2) is 5.69. The molecule has 0 aromatic heterocycles. The summed E-state index contributed by atoms with van der Waals surface area (Å²) in [6, 6.07) is 6.17. The normalized spacial score (nSPS) is 12.2. The van der Waals surface area contributed by atoms with Crippen molar-refractivity contribution < 1.29 is 4.79 Å². The average molecular weight is 219 g/mol. The third-order valence-electron chi connectivity index (χ3n) is 2.73. The topological polar surface area (TPSA) is 29.1 Å². The number of benzene rings is 1. The summed E-state index contributed by atoms with van der Waals surface area (Å²) in [5.41, 5.74) is 3.02. The molecule has 2 nitrogen and oxygen atoms in total. The molecular weight excluding hydrogens is 198 g/mol. The van der Waals surface area contributed by atoms with Gasteiger partial charge in [-0.3, -0.25) is 4.79 Å². The fraction of sp³-hybridized carbons (Fsp3) is 0.500. The van der Waals surface area contributed by atoms with Crippen LogP contribution in [0.25, 0.3) is 0 Å². The Morgan fingerprint density at radius 2 is 2.06 bits per heavy atom. The third kappa shape index (κ3) is 3.37. The van der Waals surface area contributed by atoms with E-state index in [1.165, 1.54) is 5.56 Å². The van der Waals surface area contributed by atoms with Crippen LogP contribution in [-0.2, 0) is 0 Å². The molecule has 1 amide bonds. The van der Waals surface area contributed by atoms with Crippen molar-refractivity contribution in [2.75, 3.05) is 0 Å². The fourth-order valence-electron chi connectivity index (χ4n) is 1.88. The highest BCUT2D eigenvalue weighted by Crippen LogP contribution is 2.11. The van der Waals surface area contributed by atoms with Crippen LogP contribution in [0.15, 0.2) is 18.2 Å². The van der Waals surface area contributed by atoms with Crippen LogP contribution < -0.4 is 5.32 Å². The molecule has 0 saturated heterocycles. The van der Waals surface area contributed by atoms with E-state index in [4.69, 9.17) is 0 Å². The highest BCUT2D eigenvalue weighted by Gasteiger charge is 2.11. The fourth-order valence-corrected chi connectivity index (χ4v) is 1.88. The summed E-state index contributed by atoms with van der Waals surface area (Å²) < 4.78 is 0. The van der Waals surface area contributed by atoms with Crippen LogP contribution in [0.2, 0.25) is 0 Å². The Morgan fingerprint density at radius 1 is 1.38 bits per heavy atom. The van der Waals surface area contributed by atoms with Crippen molar-refractivity contribution in [2.45, 2.75) is 46.6 Å². The van der Waals surface area contributed by atoms with Crippen LogP contribution in [0.1, 0.15) is 48.2 Å². The number of hydrogen-bond donors (Lipinski definition) is 1. The molecule has 0 radical (unpaired) electrons. The standard InChI is InChI=1S/C14H21NO/c1-5-6-12(4)15-14(16)13-8-7-10(2)9-11(13)3/h7-9,12H,5-6H2,1-4H3,(H,15,16)/t12-/m1/s1. The van der Waals surface area contributed by atoms with Crippen molar-refractivity contribution in [3.63, 3.8) is 0 Å². The summed E-state index contributed by atoms with van der Waals surface area (Å²) in [6.07, 6.45) is 2.12. The van der Waals surface area contributed by atoms with E-state index in [2.05, 4.69) is 12.2 Å². The van der Waals surface area contributed by atoms with Crippen LogP contribution in [0.4, 0.5) is 0 Å². The Kier molecular flexibility index (Phi) is 4.53. The molecule has 0 spiro atoms. The number of hydrogen-bond acceptors (Lipinski definition) is 1. The van der Waals surface area contributed by atoms with Gasteiger partial charge in [0.25, 0.3) is 5.91 Å². The average Bonchev–Trinajstić information content (AvgIpc) is 2.17. The van der Waals surface area contributed by atoms with Crippen LogP contribution in [0, 0.1) is 13.8 Å². The SMILES string of the molecule is CCC[C@@H](C)NC(=O)c1ccc(C)cc1C. The summed E-state index contributed by atoms with van der Waals surface area (Å²) in [4.78, 5) is 12.0. The van der Waals surface area contributed by atoms with Gasteiger partial charge in [0.15, 0.2) is 0 Å². The molecule has 1 N–H and O–H groups in total. The first-order valence-corrected chi connectivity index (χ1v) is 5.92. The van der Waals surface area contributed by atoms with Gasteiger partial charge in [0.1, 0.15) is 0 Å². The lowest BCUT2D eigenvalue weighted by Crippen LogP contribution is -2.32. The predicted octanol–water partition coefficient (Wildman–Crippen LogP) is 3.22. The largest absolute Gasteiger partial charge is 0.350 e. The monoisotopic (exact) mass is 219 g/mol. The van der Waals surface area contributed by atoms with Crippen LogP contribution >= 0.6 is 0 Å². The van der Waals surface area contributed by atoms with E-state index in [-0.39, 0.29) is 11.9 Å². The van der Waals surface area contributed by atoms with E-state index in [0.717, 1.165) is 24.0 Å². The van der Waals surface area contributed by atoms with Gasteiger partial charge < -0.3 is 5.32 Å². The van der Waals surface area contributed by atoms with Gasteiger partial charge in [0.2, 0.25) is 0 Å². The van der Waals surface area contributed by atoms with E-state index in [0.29, 0.717) is 0 Å². The second-order valence-electron chi connectivity index (χ2n) is 4.48. The van der Waals surface area contributed by atoms with E-state index < -0.39 is 0 Å². The molecule has 0 unspecified atom stereocenters. The molecule has 88 valence electrons. The third-order valence-corrected chi connectivity index (χ3v) is 2.73. The van der Waals surface area contributed by atoms with Gasteiger partial charge in [0, 0.05) is 11.6 Å². The molecule has 1 aromatic carbocycles. The zero-order chi connectivity index (χ0) is 12.1. The number of carbonyl (C=O) groups is 1. The molecule has 0 fully saturated rings. The molecule has 2 heteroatoms. The molecule has 0 saturated carbocycles. The van der Waals surface area contributed by atoms with Crippen molar-refractivity contribution in [2.24, 2.45) is 0 Å². The summed E-state index contributed by atoms with van der Waals surface area (Å²) in [7, 11) is 0. The Morgan fingerprint density at radius 3 is 2.62 bits per heavy atom. The maximum absolute atomic E-state index is 12.0. The van der Waals surface area contributed by atoms with Crippen molar-refractivity contribution in [3.05, 3.63) is 34.9 Å². The molecule has 0 bridgehead atoms. The number of aryl methyl sites for hydroxylation is 2. The van der Waals surface area contributed by atoms with Crippen LogP contribution in [-0.4, -0.2) is 11.9 Å². The maximum atomic E-state index is 12.0. The highest BCUT2D eigenvalue weighted by atomic mass is 16.1. The zero-order valence-electron chi connectivity index (χ0n) is 10.6. The number of nitrogens with one attached hydrogen (secondary N) is 1. The number of amides is 1. The van der Waals surface area contributed by atoms with Gasteiger partial charge in [-0.25, -0.2) is 0 Å². The number of carbonyl (C=O) groups excluding carboxylic acids is 1. The van der Waals surface area contributed by atoms with Crippen LogP contribution in [0.5, 0.6) is 0 Å². The minimum Gasteiger partial charge on any atom is -0.350 e. The van der Waals surface area contributed by atoms with E-state index in [9.17, 15) is 4.79 Å². The lowest BCUT2D eigenvalue weighted by Gasteiger charge is -2.14. The smallest absolute Gasteiger partial charge is 0.251 e. The molecule has 0 heterocycles. The van der Waals surface area contributed by atoms with E-state index in [1.807, 2.05) is 39.0 Å². The highest BCUT2D eigenvalue weighted by molar-refractivity contribution is 5.95. The summed E-state index contributed by atoms with van der Waals surface area (Å²) >= 11 is 0. The number of rotatable bonds is 4. The first kappa shape index (κ1) is 12.8. The Bertz CT molecular complexity index is 371. The molecule has 1 rings (SSSR count). The summed E-state index contributed by atoms with van der Waals surface area (Å²) in [5, 5.41) is 3.02. The van der Waals surface area contributed by atoms with Gasteiger partial charge in [-0.05, 0) is 38.8 Å². The van der Waals surface area contributed by atoms with Crippen molar-refractivity contribution in [1.29, 1.82) is 0 Å². The van der Waals surface area contributed by atoms with E-state index in [1.54, 1.807) is 0 Å². The molecule has 16 heavy (non-hydrogen) atoms. The van der Waals surface area contributed by atoms with E-state index >= 15 is 0 Å². The predicted molar refractivity (Wildman–Crippen MR) is 67.8 cm³/mol. The van der Waals surface area contributed by atoms with Gasteiger partial charge in [0.05, 0.1) is 0 Å². The Hall–Kier alpha value is -1.31. The Balaban J connectivity index is 2.73. The first-order chi connectivity index (χ1) is 7.54. The minimum atomic E-state index is 0.0402. The Labute approximate surface area is 98.1 Å². The van der Waals surface area contributed by atoms with Gasteiger partial charge >= 0.3 is 0 Å². The van der Waals surface area contributed by atoms with Crippen molar-refractivity contribution >= 4 is 5.91 Å². The summed E-state index contributed by atoms with van der Waals surface area (Å²) in [5.74, 6) is 0.0402. The molecule has 1 aromatic rings. The van der Waals surface area contributed by atoms with Gasteiger partial charge in [-0.2, -0.15) is 0 Å². The quantitative estimate of drug-likeness (QED) is 0.827. The molecular formula is C14H21NO. The summed E-state index contributed by atoms with van der Waals surface area (Å²) in [6.45, 7) is 8.19. The van der Waals surface area contributed by atoms with Gasteiger partial charge in [-0.1, -0.05) is 31.0 Å². The molecule has 0 aliphatic carbocycles. The lowest BCUT2D eigenvalue weighted by molar-refractivity contribution is 0.0937. The lowest BCUT2D eigenvalue weighted by atomic mass is 10.0. The zero-order valence-corrected chi connectivity index (χ0v) is 10.6. The van der Waals surface area contributed by atoms with Gasteiger partial charge in [-0.15, -0.1) is 0 Å². The van der Waals surface area contributed by atoms with Crippen molar-refractivity contribution in [1.82, 2.24) is 5.32 Å². The maximum Gasteiger partial charge on any atom is 0.251 e. The minimum absolute atomic E-state index is 0.0402. The molecule has 0 aliphatic heterocycles. The molecule has 1 atom stereocenters. The van der Waals surface area contributed by atoms with Crippen molar-refractivity contribution in [3.8, 4) is 0 Å². The molecule has 0 aliphatic rings.